The van der Waals surface area contributed by atoms with Crippen molar-refractivity contribution < 1.29 is 0 Å². The molecular formula is C17H36N2. The van der Waals surface area contributed by atoms with Gasteiger partial charge in [-0.25, -0.2) is 0 Å². The Balaban J connectivity index is 2.44. The minimum Gasteiger partial charge on any atom is -0.316 e. The van der Waals surface area contributed by atoms with Crippen LogP contribution in [0.25, 0.3) is 0 Å². The molecule has 1 aliphatic heterocycles. The molecule has 0 aliphatic carbocycles. The monoisotopic (exact) mass is 268 g/mol. The van der Waals surface area contributed by atoms with Gasteiger partial charge in [-0.15, -0.1) is 0 Å². The molecule has 19 heavy (non-hydrogen) atoms. The van der Waals surface area contributed by atoms with E-state index in [0.717, 1.165) is 0 Å². The molecule has 114 valence electrons. The second-order valence-electron chi connectivity index (χ2n) is 6.78. The maximum atomic E-state index is 3.65. The summed E-state index contributed by atoms with van der Waals surface area (Å²) in [7, 11) is 0. The summed E-state index contributed by atoms with van der Waals surface area (Å²) in [6, 6.07) is 0. The Labute approximate surface area is 121 Å². The first-order valence-corrected chi connectivity index (χ1v) is 8.63. The zero-order chi connectivity index (χ0) is 14.0. The van der Waals surface area contributed by atoms with Crippen LogP contribution >= 0.6 is 0 Å². The summed E-state index contributed by atoms with van der Waals surface area (Å²) < 4.78 is 0. The van der Waals surface area contributed by atoms with Gasteiger partial charge in [0.15, 0.2) is 0 Å². The van der Waals surface area contributed by atoms with E-state index in [1.165, 1.54) is 84.1 Å². The second kappa shape index (κ2) is 9.77. The van der Waals surface area contributed by atoms with Crippen molar-refractivity contribution >= 4 is 0 Å². The van der Waals surface area contributed by atoms with E-state index in [4.69, 9.17) is 0 Å². The smallest absolute Gasteiger partial charge is 0.00475 e. The Morgan fingerprint density at radius 3 is 2.16 bits per heavy atom. The van der Waals surface area contributed by atoms with Gasteiger partial charge in [0.05, 0.1) is 0 Å². The van der Waals surface area contributed by atoms with Crippen LogP contribution < -0.4 is 5.32 Å². The first-order valence-electron chi connectivity index (χ1n) is 8.63. The lowest BCUT2D eigenvalue weighted by atomic mass is 9.84. The Bertz CT molecular complexity index is 209. The van der Waals surface area contributed by atoms with Crippen LogP contribution in [-0.4, -0.2) is 37.6 Å². The molecule has 0 spiro atoms. The Morgan fingerprint density at radius 2 is 1.58 bits per heavy atom. The lowest BCUT2D eigenvalue weighted by Gasteiger charge is -2.36. The molecule has 2 nitrogen and oxygen atoms in total. The highest BCUT2D eigenvalue weighted by Crippen LogP contribution is 2.25. The predicted octanol–water partition coefficient (Wildman–Crippen LogP) is 4.06. The molecule has 0 bridgehead atoms. The summed E-state index contributed by atoms with van der Waals surface area (Å²) in [5, 5.41) is 3.65. The highest BCUT2D eigenvalue weighted by atomic mass is 15.1. The molecule has 1 heterocycles. The summed E-state index contributed by atoms with van der Waals surface area (Å²) in [6.45, 7) is 13.4. The first-order chi connectivity index (χ1) is 9.20. The van der Waals surface area contributed by atoms with E-state index < -0.39 is 0 Å². The highest BCUT2D eigenvalue weighted by Gasteiger charge is 2.26. The van der Waals surface area contributed by atoms with Crippen molar-refractivity contribution in [2.24, 2.45) is 5.41 Å². The van der Waals surface area contributed by atoms with Gasteiger partial charge in [0.1, 0.15) is 0 Å². The van der Waals surface area contributed by atoms with E-state index in [2.05, 4.69) is 31.0 Å². The fourth-order valence-corrected chi connectivity index (χ4v) is 3.40. The van der Waals surface area contributed by atoms with Gasteiger partial charge in [0, 0.05) is 13.1 Å². The van der Waals surface area contributed by atoms with E-state index in [1.54, 1.807) is 0 Å². The van der Waals surface area contributed by atoms with Crippen molar-refractivity contribution in [2.45, 2.75) is 72.1 Å². The number of hydrogen-bond acceptors (Lipinski definition) is 2. The molecule has 2 heteroatoms. The van der Waals surface area contributed by atoms with Gasteiger partial charge in [-0.3, -0.25) is 0 Å². The molecule has 1 N–H and O–H groups in total. The van der Waals surface area contributed by atoms with Crippen LogP contribution in [0.15, 0.2) is 0 Å². The van der Waals surface area contributed by atoms with E-state index in [-0.39, 0.29) is 0 Å². The van der Waals surface area contributed by atoms with Crippen LogP contribution in [0, 0.1) is 5.41 Å². The topological polar surface area (TPSA) is 15.3 Å². The van der Waals surface area contributed by atoms with Crippen molar-refractivity contribution in [3.63, 3.8) is 0 Å². The summed E-state index contributed by atoms with van der Waals surface area (Å²) in [4.78, 5) is 2.74. The Kier molecular flexibility index (Phi) is 8.72. The van der Waals surface area contributed by atoms with E-state index in [1.807, 2.05) is 0 Å². The number of nitrogens with one attached hydrogen (secondary N) is 1. The first kappa shape index (κ1) is 17.0. The van der Waals surface area contributed by atoms with Crippen LogP contribution in [0.1, 0.15) is 72.1 Å². The zero-order valence-electron chi connectivity index (χ0n) is 13.6. The molecule has 1 unspecified atom stereocenters. The van der Waals surface area contributed by atoms with Gasteiger partial charge >= 0.3 is 0 Å². The van der Waals surface area contributed by atoms with Gasteiger partial charge in [-0.05, 0) is 50.7 Å². The summed E-state index contributed by atoms with van der Waals surface area (Å²) in [5.41, 5.74) is 0.461. The molecule has 1 saturated heterocycles. The van der Waals surface area contributed by atoms with Crippen molar-refractivity contribution in [1.82, 2.24) is 10.2 Å². The molecule has 0 saturated carbocycles. The zero-order valence-corrected chi connectivity index (χ0v) is 13.6. The molecule has 1 atom stereocenters. The maximum absolute atomic E-state index is 3.65. The quantitative estimate of drug-likeness (QED) is 0.668. The molecule has 0 radical (unpaired) electrons. The van der Waals surface area contributed by atoms with Crippen molar-refractivity contribution in [2.75, 3.05) is 32.7 Å². The van der Waals surface area contributed by atoms with Gasteiger partial charge < -0.3 is 10.2 Å². The molecule has 0 amide bonds. The normalized spacial score (nSPS) is 21.6. The van der Waals surface area contributed by atoms with Gasteiger partial charge in [-0.2, -0.15) is 0 Å². The summed E-state index contributed by atoms with van der Waals surface area (Å²) >= 11 is 0. The second-order valence-corrected chi connectivity index (χ2v) is 6.78. The minimum atomic E-state index is 0.461. The average molecular weight is 268 g/mol. The van der Waals surface area contributed by atoms with Crippen LogP contribution in [0.2, 0.25) is 0 Å². The van der Waals surface area contributed by atoms with Gasteiger partial charge in [-0.1, -0.05) is 46.5 Å². The number of rotatable bonds is 8. The molecule has 1 rings (SSSR count). The maximum Gasteiger partial charge on any atom is 0.00475 e. The lowest BCUT2D eigenvalue weighted by molar-refractivity contribution is 0.140. The van der Waals surface area contributed by atoms with Gasteiger partial charge in [0.2, 0.25) is 0 Å². The van der Waals surface area contributed by atoms with Crippen LogP contribution in [0.5, 0.6) is 0 Å². The summed E-state index contributed by atoms with van der Waals surface area (Å²) in [5.74, 6) is 0. The van der Waals surface area contributed by atoms with Crippen molar-refractivity contribution in [1.29, 1.82) is 0 Å². The minimum absolute atomic E-state index is 0.461. The van der Waals surface area contributed by atoms with Crippen molar-refractivity contribution in [3.8, 4) is 0 Å². The van der Waals surface area contributed by atoms with E-state index in [0.29, 0.717) is 5.41 Å². The van der Waals surface area contributed by atoms with Crippen molar-refractivity contribution in [3.05, 3.63) is 0 Å². The standard InChI is InChI=1S/C17H36N2/c1-4-11-17(3,15-18-12-5-2)16-19-13-9-7-6-8-10-14-19/h18H,4-16H2,1-3H3. The molecule has 1 fully saturated rings. The summed E-state index contributed by atoms with van der Waals surface area (Å²) in [6.07, 6.45) is 11.0. The fraction of sp³-hybridized carbons (Fsp3) is 1.00. The fourth-order valence-electron chi connectivity index (χ4n) is 3.40. The molecule has 1 aliphatic rings. The highest BCUT2D eigenvalue weighted by molar-refractivity contribution is 4.81. The third-order valence-corrected chi connectivity index (χ3v) is 4.39. The molecular weight excluding hydrogens is 232 g/mol. The molecule has 0 aromatic carbocycles. The number of likely N-dealkylation sites (tertiary alicyclic amines) is 1. The third-order valence-electron chi connectivity index (χ3n) is 4.39. The average Bonchev–Trinajstić information content (AvgIpc) is 2.33. The lowest BCUT2D eigenvalue weighted by Crippen LogP contribution is -2.43. The van der Waals surface area contributed by atoms with Crippen LogP contribution in [0.3, 0.4) is 0 Å². The Morgan fingerprint density at radius 1 is 0.947 bits per heavy atom. The molecule has 0 aromatic heterocycles. The SMILES string of the molecule is CCCNCC(C)(CCC)CN1CCCCCCC1. The predicted molar refractivity (Wildman–Crippen MR) is 85.7 cm³/mol. The van der Waals surface area contributed by atoms with Crippen LogP contribution in [-0.2, 0) is 0 Å². The number of hydrogen-bond donors (Lipinski definition) is 1. The number of nitrogens with zero attached hydrogens (tertiary/aromatic N) is 1. The Hall–Kier alpha value is -0.0800. The van der Waals surface area contributed by atoms with E-state index in [9.17, 15) is 0 Å². The molecule has 0 aromatic rings. The van der Waals surface area contributed by atoms with E-state index >= 15 is 0 Å². The van der Waals surface area contributed by atoms with Crippen LogP contribution in [0.4, 0.5) is 0 Å². The third kappa shape index (κ3) is 7.31. The van der Waals surface area contributed by atoms with Gasteiger partial charge in [0.25, 0.3) is 0 Å². The largest absolute Gasteiger partial charge is 0.316 e.